The molecule has 0 radical (unpaired) electrons. The molecule has 0 saturated carbocycles. The summed E-state index contributed by atoms with van der Waals surface area (Å²) in [4.78, 5) is 12.5. The fourth-order valence-corrected chi connectivity index (χ4v) is 5.09. The van der Waals surface area contributed by atoms with Gasteiger partial charge in [-0.2, -0.15) is 5.10 Å². The molecule has 0 bridgehead atoms. The van der Waals surface area contributed by atoms with Crippen molar-refractivity contribution < 1.29 is 13.2 Å². The largest absolute Gasteiger partial charge is 0.348 e. The third kappa shape index (κ3) is 6.63. The molecule has 0 saturated heterocycles. The van der Waals surface area contributed by atoms with E-state index in [4.69, 9.17) is 0 Å². The van der Waals surface area contributed by atoms with E-state index >= 15 is 0 Å². The molecule has 2 N–H and O–H groups in total. The van der Waals surface area contributed by atoms with Gasteiger partial charge in [0, 0.05) is 29.9 Å². The van der Waals surface area contributed by atoms with Gasteiger partial charge in [-0.15, -0.1) is 0 Å². The number of benzene rings is 2. The van der Waals surface area contributed by atoms with Crippen LogP contribution in [0.25, 0.3) is 11.8 Å². The summed E-state index contributed by atoms with van der Waals surface area (Å²) in [5.41, 5.74) is 5.04. The second-order valence-corrected chi connectivity index (χ2v) is 9.94. The molecule has 2 aromatic carbocycles. The van der Waals surface area contributed by atoms with E-state index in [-0.39, 0.29) is 24.2 Å². The highest BCUT2D eigenvalue weighted by Gasteiger charge is 2.15. The highest BCUT2D eigenvalue weighted by atomic mass is 32.2. The Morgan fingerprint density at radius 3 is 2.33 bits per heavy atom. The lowest BCUT2D eigenvalue weighted by Crippen LogP contribution is -2.31. The highest BCUT2D eigenvalue weighted by Crippen LogP contribution is 2.19. The topological polar surface area (TPSA) is 93.1 Å². The molecule has 1 amide bonds. The van der Waals surface area contributed by atoms with Crippen molar-refractivity contribution >= 4 is 22.0 Å². The average Bonchev–Trinajstić information content (AvgIpc) is 3.04. The summed E-state index contributed by atoms with van der Waals surface area (Å²) in [7, 11) is -3.46. The molecule has 0 fully saturated rings. The number of para-hydroxylation sites is 1. The molecule has 3 rings (SSSR count). The minimum Gasteiger partial charge on any atom is -0.348 e. The first-order chi connectivity index (χ1) is 15.7. The smallest absolute Gasteiger partial charge is 0.244 e. The molecule has 3 aromatic rings. The van der Waals surface area contributed by atoms with E-state index in [0.717, 1.165) is 28.2 Å². The molecule has 0 unspecified atom stereocenters. The molecule has 7 nitrogen and oxygen atoms in total. The molecule has 33 heavy (non-hydrogen) atoms. The van der Waals surface area contributed by atoms with Crippen LogP contribution < -0.4 is 10.0 Å². The third-order valence-corrected chi connectivity index (χ3v) is 6.60. The van der Waals surface area contributed by atoms with Crippen LogP contribution in [0, 0.1) is 13.8 Å². The first-order valence-corrected chi connectivity index (χ1v) is 12.5. The molecule has 1 aromatic heterocycles. The zero-order chi connectivity index (χ0) is 24.0. The van der Waals surface area contributed by atoms with E-state index in [1.807, 2.05) is 61.0 Å². The fraction of sp³-hybridized carbons (Fsp3) is 0.280. The first kappa shape index (κ1) is 24.4. The van der Waals surface area contributed by atoms with Crippen molar-refractivity contribution in [2.45, 2.75) is 46.0 Å². The second-order valence-electron chi connectivity index (χ2n) is 8.18. The van der Waals surface area contributed by atoms with Gasteiger partial charge in [-0.05, 0) is 57.0 Å². The number of nitrogens with zero attached hydrogens (tertiary/aromatic N) is 2. The van der Waals surface area contributed by atoms with Crippen molar-refractivity contribution in [2.24, 2.45) is 0 Å². The van der Waals surface area contributed by atoms with Gasteiger partial charge >= 0.3 is 0 Å². The van der Waals surface area contributed by atoms with Gasteiger partial charge in [-0.1, -0.05) is 42.5 Å². The number of carbonyl (C=O) groups is 1. The number of hydrogen-bond donors (Lipinski definition) is 2. The van der Waals surface area contributed by atoms with Gasteiger partial charge in [-0.3, -0.25) is 4.79 Å². The van der Waals surface area contributed by atoms with Crippen molar-refractivity contribution in [1.82, 2.24) is 19.8 Å². The molecular formula is C25H30N4O3S. The Labute approximate surface area is 195 Å². The number of rotatable bonds is 9. The van der Waals surface area contributed by atoms with E-state index in [1.165, 1.54) is 6.08 Å². The number of aromatic nitrogens is 2. The molecule has 1 heterocycles. The highest BCUT2D eigenvalue weighted by molar-refractivity contribution is 7.88. The molecule has 8 heteroatoms. The van der Waals surface area contributed by atoms with Crippen LogP contribution in [0.1, 0.15) is 41.9 Å². The lowest BCUT2D eigenvalue weighted by Gasteiger charge is -2.13. The Bertz CT molecular complexity index is 1250. The Kier molecular flexibility index (Phi) is 7.84. The normalized spacial score (nSPS) is 11.9. The second kappa shape index (κ2) is 10.6. The zero-order valence-corrected chi connectivity index (χ0v) is 20.2. The maximum atomic E-state index is 12.5. The molecule has 0 atom stereocenters. The Hall–Kier alpha value is -3.23. The molecule has 0 spiro atoms. The van der Waals surface area contributed by atoms with Gasteiger partial charge in [0.1, 0.15) is 0 Å². The first-order valence-electron chi connectivity index (χ1n) is 10.8. The molecule has 0 aliphatic carbocycles. The summed E-state index contributed by atoms with van der Waals surface area (Å²) in [5.74, 6) is -0.399. The van der Waals surface area contributed by atoms with Gasteiger partial charge in [0.15, 0.2) is 0 Å². The number of amides is 1. The summed E-state index contributed by atoms with van der Waals surface area (Å²) in [6, 6.07) is 16.9. The molecule has 0 aliphatic rings. The van der Waals surface area contributed by atoms with Crippen LogP contribution in [0.4, 0.5) is 0 Å². The van der Waals surface area contributed by atoms with Crippen molar-refractivity contribution in [2.75, 3.05) is 0 Å². The average molecular weight is 467 g/mol. The standard InChI is InChI=1S/C25H30N4O3S/c1-18(2)28-33(31,32)17-22-11-9-8-10-21(22)16-26-25(30)15-14-24-19(3)27-29(20(24)4)23-12-6-5-7-13-23/h5-15,18,28H,16-17H2,1-4H3,(H,26,30)/b15-14+. The summed E-state index contributed by atoms with van der Waals surface area (Å²) < 4.78 is 29.1. The summed E-state index contributed by atoms with van der Waals surface area (Å²) in [5, 5.41) is 7.43. The van der Waals surface area contributed by atoms with Crippen molar-refractivity contribution in [3.05, 3.63) is 88.8 Å². The number of nitrogens with one attached hydrogen (secondary N) is 2. The van der Waals surface area contributed by atoms with E-state index in [0.29, 0.717) is 5.56 Å². The number of aryl methyl sites for hydroxylation is 1. The van der Waals surface area contributed by atoms with E-state index in [1.54, 1.807) is 32.1 Å². The summed E-state index contributed by atoms with van der Waals surface area (Å²) >= 11 is 0. The monoisotopic (exact) mass is 466 g/mol. The number of carbonyl (C=O) groups excluding carboxylic acids is 1. The van der Waals surface area contributed by atoms with Gasteiger partial charge in [0.2, 0.25) is 15.9 Å². The third-order valence-electron chi connectivity index (χ3n) is 5.08. The van der Waals surface area contributed by atoms with Crippen LogP contribution in [-0.2, 0) is 27.1 Å². The van der Waals surface area contributed by atoms with E-state index in [2.05, 4.69) is 15.1 Å². The van der Waals surface area contributed by atoms with Crippen LogP contribution in [0.5, 0.6) is 0 Å². The Balaban J connectivity index is 1.68. The molecule has 174 valence electrons. The van der Waals surface area contributed by atoms with Gasteiger partial charge in [0.25, 0.3) is 0 Å². The Morgan fingerprint density at radius 2 is 1.67 bits per heavy atom. The van der Waals surface area contributed by atoms with Crippen molar-refractivity contribution in [3.63, 3.8) is 0 Å². The quantitative estimate of drug-likeness (QED) is 0.471. The van der Waals surface area contributed by atoms with Crippen LogP contribution in [0.15, 0.2) is 60.7 Å². The van der Waals surface area contributed by atoms with Crippen molar-refractivity contribution in [3.8, 4) is 5.69 Å². The fourth-order valence-electron chi connectivity index (χ4n) is 3.59. The number of sulfonamides is 1. The molecular weight excluding hydrogens is 436 g/mol. The maximum Gasteiger partial charge on any atom is 0.244 e. The van der Waals surface area contributed by atoms with Crippen LogP contribution >= 0.6 is 0 Å². The maximum absolute atomic E-state index is 12.5. The van der Waals surface area contributed by atoms with Crippen molar-refractivity contribution in [1.29, 1.82) is 0 Å². The minimum absolute atomic E-state index is 0.135. The predicted molar refractivity (Wildman–Crippen MR) is 131 cm³/mol. The number of hydrogen-bond acceptors (Lipinski definition) is 4. The summed E-state index contributed by atoms with van der Waals surface area (Å²) in [6.45, 7) is 7.67. The minimum atomic E-state index is -3.46. The van der Waals surface area contributed by atoms with Gasteiger partial charge in [-0.25, -0.2) is 17.8 Å². The SMILES string of the molecule is Cc1nn(-c2ccccc2)c(C)c1/C=C/C(=O)NCc1ccccc1CS(=O)(=O)NC(C)C. The molecule has 0 aliphatic heterocycles. The zero-order valence-electron chi connectivity index (χ0n) is 19.4. The van der Waals surface area contributed by atoms with Crippen LogP contribution in [0.3, 0.4) is 0 Å². The van der Waals surface area contributed by atoms with E-state index in [9.17, 15) is 13.2 Å². The van der Waals surface area contributed by atoms with Gasteiger partial charge in [0.05, 0.1) is 17.1 Å². The predicted octanol–water partition coefficient (Wildman–Crippen LogP) is 3.65. The van der Waals surface area contributed by atoms with Crippen LogP contribution in [0.2, 0.25) is 0 Å². The Morgan fingerprint density at radius 1 is 1.03 bits per heavy atom. The van der Waals surface area contributed by atoms with Crippen LogP contribution in [-0.4, -0.2) is 30.1 Å². The van der Waals surface area contributed by atoms with Gasteiger partial charge < -0.3 is 5.32 Å². The lowest BCUT2D eigenvalue weighted by atomic mass is 10.1. The van der Waals surface area contributed by atoms with E-state index < -0.39 is 10.0 Å². The summed E-state index contributed by atoms with van der Waals surface area (Å²) in [6.07, 6.45) is 3.24. The lowest BCUT2D eigenvalue weighted by molar-refractivity contribution is -0.116.